The van der Waals surface area contributed by atoms with Crippen molar-refractivity contribution >= 4 is 44.4 Å². The van der Waals surface area contributed by atoms with Gasteiger partial charge in [0.05, 0.1) is 66.4 Å². The lowest BCUT2D eigenvalue weighted by Gasteiger charge is -2.35. The lowest BCUT2D eigenvalue weighted by atomic mass is 9.79. The molecular weight excluding hydrogens is 887 g/mol. The average molecular weight is 951 g/mol. The summed E-state index contributed by atoms with van der Waals surface area (Å²) in [4.78, 5) is 69.0. The number of benzene rings is 1. The van der Waals surface area contributed by atoms with Crippen molar-refractivity contribution in [2.45, 2.75) is 148 Å². The number of carbonyl (C=O) groups excluding carboxylic acids is 4. The number of nitrogens with one attached hydrogen (secondary N) is 1. The highest BCUT2D eigenvalue weighted by Crippen LogP contribution is 2.57. The minimum atomic E-state index is -3.95. The van der Waals surface area contributed by atoms with Gasteiger partial charge in [-0.05, 0) is 126 Å². The summed E-state index contributed by atoms with van der Waals surface area (Å²) in [7, 11) is -2.39. The molecule has 2 aromatic heterocycles. The number of rotatable bonds is 14. The number of nitrogens with zero attached hydrogens (tertiary/aromatic N) is 3. The number of hydrogen-bond donors (Lipinski definition) is 1. The first-order valence-corrected chi connectivity index (χ1v) is 25.0. The summed E-state index contributed by atoms with van der Waals surface area (Å²) in [5, 5.41) is 0.663. The Morgan fingerprint density at radius 1 is 1.01 bits per heavy atom. The van der Waals surface area contributed by atoms with Crippen LogP contribution in [0.2, 0.25) is 0 Å². The summed E-state index contributed by atoms with van der Waals surface area (Å²) in [6, 6.07) is 9.65. The maximum absolute atomic E-state index is 15.3. The standard InChI is InChI=1S/C50H64F2N4O10S/c1-9-31-20-30(4)12-10-11-13-33-25-50(33,47(60)55-67(61,62)37-16-17-37)26-43(57)42-23-36(28-56(42)46(59)39(31)24-44(58)66-48(5,6)49(7,51)52)65-45-38-18-14-34(63-8)21-32(38)22-41(54-45)40-19-15-35(27-53-40)64-29(2)3/h11,13-15,18-19,21-22,27,29-31,33,36-37,39,42H,9-10,12,16-17,20,23-26,28H2,1-8H3,(H,55,60)/b13-11-/t30-,31+,33+,36+,39-,42-,50+/m0/s1. The first-order valence-electron chi connectivity index (χ1n) is 23.5. The van der Waals surface area contributed by atoms with Gasteiger partial charge in [0, 0.05) is 25.2 Å². The quantitative estimate of drug-likeness (QED) is 0.121. The van der Waals surface area contributed by atoms with Crippen LogP contribution in [0, 0.1) is 29.1 Å². The number of ketones is 1. The number of Topliss-reactive ketones (excluding diaryl/α,β-unsaturated/α-hetero) is 1. The molecule has 3 aromatic rings. The van der Waals surface area contributed by atoms with Crippen LogP contribution < -0.4 is 18.9 Å². The summed E-state index contributed by atoms with van der Waals surface area (Å²) in [5.74, 6) is -6.57. The van der Waals surface area contributed by atoms with Crippen LogP contribution in [0.5, 0.6) is 17.4 Å². The summed E-state index contributed by atoms with van der Waals surface area (Å²) in [6.07, 6.45) is 7.12. The Kier molecular flexibility index (Phi) is 14.4. The van der Waals surface area contributed by atoms with Gasteiger partial charge in [-0.2, -0.15) is 0 Å². The fraction of sp³-hybridized carbons (Fsp3) is 0.600. The molecule has 1 N–H and O–H groups in total. The lowest BCUT2D eigenvalue weighted by Crippen LogP contribution is -2.48. The summed E-state index contributed by atoms with van der Waals surface area (Å²) < 4.78 is 81.2. The van der Waals surface area contributed by atoms with Crippen molar-refractivity contribution in [2.75, 3.05) is 13.7 Å². The second kappa shape index (κ2) is 19.4. The van der Waals surface area contributed by atoms with E-state index < -0.39 is 92.1 Å². The Morgan fingerprint density at radius 2 is 1.75 bits per heavy atom. The number of methoxy groups -OCH3 is 1. The molecule has 4 heterocycles. The molecule has 0 bridgehead atoms. The van der Waals surface area contributed by atoms with E-state index >= 15 is 4.79 Å². The molecule has 1 aromatic carbocycles. The van der Waals surface area contributed by atoms with Crippen molar-refractivity contribution in [2.24, 2.45) is 29.1 Å². The van der Waals surface area contributed by atoms with E-state index in [1.54, 1.807) is 37.6 Å². The Morgan fingerprint density at radius 3 is 2.39 bits per heavy atom. The van der Waals surface area contributed by atoms with E-state index in [0.717, 1.165) is 13.8 Å². The molecule has 17 heteroatoms. The molecule has 2 amide bonds. The molecule has 1 saturated heterocycles. The van der Waals surface area contributed by atoms with Gasteiger partial charge in [-0.25, -0.2) is 22.2 Å². The van der Waals surface area contributed by atoms with E-state index in [-0.39, 0.29) is 43.7 Å². The number of sulfonamides is 1. The van der Waals surface area contributed by atoms with Crippen LogP contribution in [0.3, 0.4) is 0 Å². The number of fused-ring (bicyclic) bond motifs is 3. The fourth-order valence-electron chi connectivity index (χ4n) is 9.42. The lowest BCUT2D eigenvalue weighted by molar-refractivity contribution is -0.197. The SMILES string of the molecule is CC[C@@H]1C[C@@H](C)CC/C=C\[C@@H]2C[C@@]2(C(=O)NS(=O)(=O)C2CC2)CC(=O)[C@@H]2C[C@@H](Oc3nc(-c4ccc(OC(C)C)cn4)cc4cc(OC)ccc34)CN2C(=O)[C@H]1CC(=O)OC(C)(C)C(C)(F)F. The summed E-state index contributed by atoms with van der Waals surface area (Å²) in [6.45, 7) is 10.6. The van der Waals surface area contributed by atoms with Gasteiger partial charge in [0.15, 0.2) is 11.4 Å². The van der Waals surface area contributed by atoms with Gasteiger partial charge >= 0.3 is 5.97 Å². The zero-order chi connectivity index (χ0) is 48.6. The largest absolute Gasteiger partial charge is 0.497 e. The highest BCUT2D eigenvalue weighted by atomic mass is 32.2. The van der Waals surface area contributed by atoms with Crippen molar-refractivity contribution in [3.63, 3.8) is 0 Å². The highest BCUT2D eigenvalue weighted by Gasteiger charge is 2.62. The van der Waals surface area contributed by atoms with Crippen molar-refractivity contribution in [1.29, 1.82) is 0 Å². The fourth-order valence-corrected chi connectivity index (χ4v) is 10.8. The predicted octanol–water partition coefficient (Wildman–Crippen LogP) is 8.40. The van der Waals surface area contributed by atoms with Gasteiger partial charge in [0.2, 0.25) is 27.7 Å². The van der Waals surface area contributed by atoms with Gasteiger partial charge in [-0.3, -0.25) is 28.9 Å². The Bertz CT molecular complexity index is 2490. The first kappa shape index (κ1) is 49.7. The third kappa shape index (κ3) is 11.2. The third-order valence-corrected chi connectivity index (χ3v) is 15.8. The van der Waals surface area contributed by atoms with Gasteiger partial charge < -0.3 is 23.8 Å². The predicted molar refractivity (Wildman–Crippen MR) is 247 cm³/mol. The number of aromatic nitrogens is 2. The molecule has 7 atom stereocenters. The number of ether oxygens (including phenoxy) is 4. The zero-order valence-corrected chi connectivity index (χ0v) is 40.5. The molecule has 14 nitrogen and oxygen atoms in total. The molecule has 4 aliphatic rings. The molecule has 2 aliphatic heterocycles. The average Bonchev–Trinajstić information content (AvgIpc) is 4.19. The maximum atomic E-state index is 15.3. The topological polar surface area (TPSA) is 180 Å². The maximum Gasteiger partial charge on any atom is 0.307 e. The Hall–Kier alpha value is -5.19. The second-order valence-corrected chi connectivity index (χ2v) is 21.9. The minimum absolute atomic E-state index is 0.0222. The third-order valence-electron chi connectivity index (χ3n) is 14.0. The monoisotopic (exact) mass is 950 g/mol. The van der Waals surface area contributed by atoms with Gasteiger partial charge in [0.25, 0.3) is 5.92 Å². The van der Waals surface area contributed by atoms with Gasteiger partial charge in [0.1, 0.15) is 17.6 Å². The van der Waals surface area contributed by atoms with Crippen LogP contribution in [0.1, 0.15) is 113 Å². The molecule has 0 spiro atoms. The minimum Gasteiger partial charge on any atom is -0.497 e. The number of carbonyl (C=O) groups is 4. The van der Waals surface area contributed by atoms with Gasteiger partial charge in [-0.15, -0.1) is 0 Å². The molecule has 67 heavy (non-hydrogen) atoms. The van der Waals surface area contributed by atoms with E-state index in [1.807, 2.05) is 52.0 Å². The van der Waals surface area contributed by atoms with E-state index in [0.29, 0.717) is 79.1 Å². The van der Waals surface area contributed by atoms with Crippen molar-refractivity contribution < 1.29 is 55.3 Å². The first-order chi connectivity index (χ1) is 31.5. The summed E-state index contributed by atoms with van der Waals surface area (Å²) in [5.41, 5.74) is -2.55. The molecule has 7 rings (SSSR count). The normalized spacial score (nSPS) is 26.8. The number of allylic oxidation sites excluding steroid dienone is 2. The molecule has 0 unspecified atom stereocenters. The number of esters is 1. The Labute approximate surface area is 392 Å². The molecule has 0 radical (unpaired) electrons. The van der Waals surface area contributed by atoms with Crippen LogP contribution in [0.25, 0.3) is 22.2 Å². The molecular formula is C50H64F2N4O10S. The zero-order valence-electron chi connectivity index (χ0n) is 39.7. The van der Waals surface area contributed by atoms with E-state index in [4.69, 9.17) is 23.9 Å². The Balaban J connectivity index is 1.27. The summed E-state index contributed by atoms with van der Waals surface area (Å²) >= 11 is 0. The number of halogens is 2. The van der Waals surface area contributed by atoms with E-state index in [1.165, 1.54) is 4.90 Å². The van der Waals surface area contributed by atoms with Crippen LogP contribution in [0.15, 0.2) is 54.7 Å². The molecule has 2 saturated carbocycles. The molecule has 3 fully saturated rings. The number of alkyl halides is 2. The molecule has 364 valence electrons. The number of pyridine rings is 2. The van der Waals surface area contributed by atoms with Crippen molar-refractivity contribution in [3.8, 4) is 28.8 Å². The van der Waals surface area contributed by atoms with E-state index in [2.05, 4.69) is 9.71 Å². The van der Waals surface area contributed by atoms with Gasteiger partial charge in [-0.1, -0.05) is 32.4 Å². The highest BCUT2D eigenvalue weighted by molar-refractivity contribution is 7.90. The second-order valence-electron chi connectivity index (χ2n) is 19.9. The number of amides is 2. The van der Waals surface area contributed by atoms with E-state index in [9.17, 15) is 31.6 Å². The van der Waals surface area contributed by atoms with Crippen LogP contribution in [-0.2, 0) is 33.9 Å². The smallest absolute Gasteiger partial charge is 0.307 e. The molecule has 2 aliphatic carbocycles. The van der Waals surface area contributed by atoms with Crippen molar-refractivity contribution in [1.82, 2.24) is 19.6 Å². The van der Waals surface area contributed by atoms with Crippen LogP contribution >= 0.6 is 0 Å². The number of hydrogen-bond acceptors (Lipinski definition) is 12. The van der Waals surface area contributed by atoms with Crippen molar-refractivity contribution in [3.05, 3.63) is 54.7 Å². The van der Waals surface area contributed by atoms with Crippen LogP contribution in [0.4, 0.5) is 8.78 Å². The van der Waals surface area contributed by atoms with Crippen LogP contribution in [-0.4, -0.2) is 95.5 Å².